The van der Waals surface area contributed by atoms with Gasteiger partial charge >= 0.3 is 0 Å². The molecule has 0 spiro atoms. The number of nitrogens with zero attached hydrogens (tertiary/aromatic N) is 6. The van der Waals surface area contributed by atoms with Crippen molar-refractivity contribution in [3.63, 3.8) is 0 Å². The van der Waals surface area contributed by atoms with Crippen LogP contribution in [-0.2, 0) is 10.3 Å². The third-order valence-corrected chi connectivity index (χ3v) is 7.05. The van der Waals surface area contributed by atoms with Crippen molar-refractivity contribution < 1.29 is 9.53 Å². The molecule has 42 heavy (non-hydrogen) atoms. The Balaban J connectivity index is 1.58. The summed E-state index contributed by atoms with van der Waals surface area (Å²) in [5.74, 6) is 0.904. The molecule has 2 heterocycles. The maximum atomic E-state index is 11.1. The number of hydrogen-bond donors (Lipinski definition) is 0. The zero-order chi connectivity index (χ0) is 28.8. The number of ether oxygens (including phenoxy) is 1. The van der Waals surface area contributed by atoms with E-state index in [9.17, 15) is 4.79 Å². The molecule has 0 aliphatic rings. The maximum absolute atomic E-state index is 11.1. The molecule has 0 N–H and O–H groups in total. The Labute approximate surface area is 243 Å². The molecule has 6 rings (SSSR count). The average Bonchev–Trinajstić information content (AvgIpc) is 3.54. The summed E-state index contributed by atoms with van der Waals surface area (Å²) in [5.41, 5.74) is 4.71. The smallest absolute Gasteiger partial charge is 0.240 e. The molecule has 0 unspecified atom stereocenters. The van der Waals surface area contributed by atoms with Gasteiger partial charge in [-0.2, -0.15) is 4.99 Å². The van der Waals surface area contributed by atoms with E-state index < -0.39 is 5.54 Å². The molecule has 0 fully saturated rings. The first-order chi connectivity index (χ1) is 20.7. The van der Waals surface area contributed by atoms with Crippen molar-refractivity contribution >= 4 is 11.8 Å². The normalized spacial score (nSPS) is 11.1. The van der Waals surface area contributed by atoms with Gasteiger partial charge in [-0.15, -0.1) is 15.0 Å². The second-order valence-electron chi connectivity index (χ2n) is 9.46. The fourth-order valence-electron chi connectivity index (χ4n) is 5.21. The zero-order valence-electron chi connectivity index (χ0n) is 22.8. The largest absolute Gasteiger partial charge is 0.478 e. The van der Waals surface area contributed by atoms with Gasteiger partial charge in [-0.25, -0.2) is 9.78 Å². The Morgan fingerprint density at radius 2 is 1.40 bits per heavy atom. The van der Waals surface area contributed by atoms with Crippen molar-refractivity contribution in [3.8, 4) is 28.4 Å². The Morgan fingerprint density at radius 3 is 1.93 bits per heavy atom. The van der Waals surface area contributed by atoms with Crippen LogP contribution >= 0.6 is 0 Å². The lowest BCUT2D eigenvalue weighted by Crippen LogP contribution is -2.39. The predicted molar refractivity (Wildman–Crippen MR) is 160 cm³/mol. The standard InChI is InChI=1S/C34H26N6O2/c1-2-42-32-21-18-25(23-35-32)30-20-19-29(36-24-41)22-31(30)33-37-39-40(38-33)34(26-12-6-3-7-13-26,27-14-8-4-9-15-27)28-16-10-5-11-17-28/h3-23H,2H2,1H3. The minimum Gasteiger partial charge on any atom is -0.478 e. The highest BCUT2D eigenvalue weighted by Gasteiger charge is 2.41. The van der Waals surface area contributed by atoms with Crippen molar-refractivity contribution in [1.29, 1.82) is 0 Å². The minimum atomic E-state index is -0.922. The lowest BCUT2D eigenvalue weighted by Gasteiger charge is -2.34. The Bertz CT molecular complexity index is 1740. The van der Waals surface area contributed by atoms with Crippen molar-refractivity contribution in [2.24, 2.45) is 4.99 Å². The molecule has 8 nitrogen and oxygen atoms in total. The summed E-state index contributed by atoms with van der Waals surface area (Å²) in [4.78, 5) is 21.1. The minimum absolute atomic E-state index is 0.369. The van der Waals surface area contributed by atoms with Crippen LogP contribution in [0.4, 0.5) is 5.69 Å². The quantitative estimate of drug-likeness (QED) is 0.114. The van der Waals surface area contributed by atoms with E-state index in [-0.39, 0.29) is 0 Å². The average molecular weight is 551 g/mol. The summed E-state index contributed by atoms with van der Waals surface area (Å²) >= 11 is 0. The van der Waals surface area contributed by atoms with Gasteiger partial charge in [0.15, 0.2) is 5.54 Å². The van der Waals surface area contributed by atoms with E-state index >= 15 is 0 Å². The van der Waals surface area contributed by atoms with Crippen molar-refractivity contribution in [1.82, 2.24) is 25.2 Å². The van der Waals surface area contributed by atoms with Gasteiger partial charge in [0.2, 0.25) is 17.8 Å². The highest BCUT2D eigenvalue weighted by Crippen LogP contribution is 2.40. The van der Waals surface area contributed by atoms with Crippen LogP contribution in [-0.4, -0.2) is 37.9 Å². The second kappa shape index (κ2) is 11.8. The molecule has 0 aliphatic carbocycles. The predicted octanol–water partition coefficient (Wildman–Crippen LogP) is 6.61. The van der Waals surface area contributed by atoms with E-state index in [1.807, 2.05) is 79.7 Å². The number of benzene rings is 4. The van der Waals surface area contributed by atoms with E-state index in [4.69, 9.17) is 9.84 Å². The van der Waals surface area contributed by atoms with E-state index in [0.717, 1.165) is 27.8 Å². The molecule has 0 bridgehead atoms. The highest BCUT2D eigenvalue weighted by atomic mass is 16.5. The highest BCUT2D eigenvalue weighted by molar-refractivity contribution is 5.82. The number of aromatic nitrogens is 5. The summed E-state index contributed by atoms with van der Waals surface area (Å²) in [7, 11) is 0. The van der Waals surface area contributed by atoms with Gasteiger partial charge in [-0.1, -0.05) is 97.1 Å². The van der Waals surface area contributed by atoms with Gasteiger partial charge in [-0.05, 0) is 52.6 Å². The molecule has 4 aromatic carbocycles. The van der Waals surface area contributed by atoms with Crippen molar-refractivity contribution in [2.45, 2.75) is 12.5 Å². The number of tetrazole rings is 1. The van der Waals surface area contributed by atoms with E-state index in [2.05, 4.69) is 56.7 Å². The number of carbonyl (C=O) groups excluding carboxylic acids is 1. The molecule has 204 valence electrons. The Kier molecular flexibility index (Phi) is 7.44. The Morgan fingerprint density at radius 1 is 0.786 bits per heavy atom. The molecule has 2 aromatic heterocycles. The molecule has 8 heteroatoms. The number of hydrogen-bond acceptors (Lipinski definition) is 7. The lowest BCUT2D eigenvalue weighted by molar-refractivity contribution is 0.327. The summed E-state index contributed by atoms with van der Waals surface area (Å²) < 4.78 is 5.52. The van der Waals surface area contributed by atoms with Crippen LogP contribution in [0.5, 0.6) is 5.88 Å². The van der Waals surface area contributed by atoms with Crippen LogP contribution < -0.4 is 4.74 Å². The molecule has 0 atom stereocenters. The van der Waals surface area contributed by atoms with Crippen LogP contribution in [0, 0.1) is 0 Å². The Hall–Kier alpha value is -5.72. The van der Waals surface area contributed by atoms with Gasteiger partial charge in [-0.3, -0.25) is 0 Å². The number of isocyanates is 1. The summed E-state index contributed by atoms with van der Waals surface area (Å²) in [5, 5.41) is 14.3. The van der Waals surface area contributed by atoms with Crippen LogP contribution in [0.3, 0.4) is 0 Å². The summed E-state index contributed by atoms with van der Waals surface area (Å²) in [6.45, 7) is 2.43. The zero-order valence-corrected chi connectivity index (χ0v) is 22.8. The first-order valence-electron chi connectivity index (χ1n) is 13.5. The second-order valence-corrected chi connectivity index (χ2v) is 9.46. The van der Waals surface area contributed by atoms with Crippen LogP contribution in [0.2, 0.25) is 0 Å². The lowest BCUT2D eigenvalue weighted by atomic mass is 9.77. The maximum Gasteiger partial charge on any atom is 0.240 e. The number of aliphatic imine (C=N–C) groups is 1. The van der Waals surface area contributed by atoms with Crippen molar-refractivity contribution in [2.75, 3.05) is 6.61 Å². The third kappa shape index (κ3) is 4.87. The molecule has 0 amide bonds. The molecular weight excluding hydrogens is 524 g/mol. The van der Waals surface area contributed by atoms with E-state index in [0.29, 0.717) is 29.6 Å². The summed E-state index contributed by atoms with van der Waals surface area (Å²) in [6.07, 6.45) is 3.36. The fraction of sp³-hybridized carbons (Fsp3) is 0.0882. The molecule has 0 aliphatic heterocycles. The van der Waals surface area contributed by atoms with Crippen LogP contribution in [0.1, 0.15) is 23.6 Å². The van der Waals surface area contributed by atoms with Crippen molar-refractivity contribution in [3.05, 3.63) is 144 Å². The monoisotopic (exact) mass is 550 g/mol. The SMILES string of the molecule is CCOc1ccc(-c2ccc(N=C=O)cc2-c2nnn(C(c3ccccc3)(c3ccccc3)c3ccccc3)n2)cn1. The molecular formula is C34H26N6O2. The molecule has 0 radical (unpaired) electrons. The van der Waals surface area contributed by atoms with Gasteiger partial charge in [0.1, 0.15) is 0 Å². The first-order valence-corrected chi connectivity index (χ1v) is 13.5. The van der Waals surface area contributed by atoms with Crippen LogP contribution in [0.25, 0.3) is 22.5 Å². The number of rotatable bonds is 9. The molecule has 0 saturated carbocycles. The summed E-state index contributed by atoms with van der Waals surface area (Å²) in [6, 6.07) is 39.5. The van der Waals surface area contributed by atoms with E-state index in [1.165, 1.54) is 0 Å². The van der Waals surface area contributed by atoms with E-state index in [1.54, 1.807) is 29.2 Å². The van der Waals surface area contributed by atoms with Crippen LogP contribution in [0.15, 0.2) is 133 Å². The van der Waals surface area contributed by atoms with Gasteiger partial charge < -0.3 is 4.74 Å². The third-order valence-electron chi connectivity index (χ3n) is 7.05. The fourth-order valence-corrected chi connectivity index (χ4v) is 5.21. The van der Waals surface area contributed by atoms with Gasteiger partial charge in [0, 0.05) is 23.4 Å². The topological polar surface area (TPSA) is 95.2 Å². The number of pyridine rings is 1. The molecule has 6 aromatic rings. The van der Waals surface area contributed by atoms with Gasteiger partial charge in [0.05, 0.1) is 12.3 Å². The first kappa shape index (κ1) is 26.5. The van der Waals surface area contributed by atoms with Gasteiger partial charge in [0.25, 0.3) is 0 Å². The molecule has 0 saturated heterocycles.